The summed E-state index contributed by atoms with van der Waals surface area (Å²) in [6, 6.07) is 7.56. The van der Waals surface area contributed by atoms with Crippen molar-refractivity contribution in [1.82, 2.24) is 10.2 Å². The minimum absolute atomic E-state index is 0.149. The van der Waals surface area contributed by atoms with E-state index in [0.717, 1.165) is 11.7 Å². The van der Waals surface area contributed by atoms with Gasteiger partial charge in [0.2, 0.25) is 0 Å². The molecule has 1 atom stereocenters. The molecular formula is C15H20BN5O. The lowest BCUT2D eigenvalue weighted by Gasteiger charge is -2.26. The zero-order valence-electron chi connectivity index (χ0n) is 13.1. The van der Waals surface area contributed by atoms with E-state index in [0.29, 0.717) is 17.7 Å². The number of amides is 1. The van der Waals surface area contributed by atoms with E-state index in [9.17, 15) is 4.79 Å². The molecule has 1 unspecified atom stereocenters. The summed E-state index contributed by atoms with van der Waals surface area (Å²) in [4.78, 5) is 18.6. The normalized spacial score (nSPS) is 21.7. The number of aliphatic imine (C=N–C) groups is 1. The van der Waals surface area contributed by atoms with Crippen LogP contribution in [0.15, 0.2) is 41.0 Å². The van der Waals surface area contributed by atoms with Gasteiger partial charge < -0.3 is 16.5 Å². The van der Waals surface area contributed by atoms with Gasteiger partial charge in [0.25, 0.3) is 5.91 Å². The number of guanidine groups is 1. The fourth-order valence-electron chi connectivity index (χ4n) is 2.52. The minimum Gasteiger partial charge on any atom is -0.391 e. The number of rotatable bonds is 5. The third-order valence-corrected chi connectivity index (χ3v) is 3.71. The maximum atomic E-state index is 12.9. The fraction of sp³-hybridized carbons (Fsp3) is 0.267. The highest BCUT2D eigenvalue weighted by Gasteiger charge is 2.50. The van der Waals surface area contributed by atoms with E-state index < -0.39 is 5.54 Å². The third-order valence-electron chi connectivity index (χ3n) is 3.71. The summed E-state index contributed by atoms with van der Waals surface area (Å²) in [6.45, 7) is 2.63. The quantitative estimate of drug-likeness (QED) is 0.484. The predicted octanol–water partition coefficient (Wildman–Crippen LogP) is -0.930. The van der Waals surface area contributed by atoms with Gasteiger partial charge in [-0.05, 0) is 12.5 Å². The zero-order chi connectivity index (χ0) is 16.3. The average molecular weight is 297 g/mol. The monoisotopic (exact) mass is 297 g/mol. The molecule has 7 heteroatoms. The van der Waals surface area contributed by atoms with Gasteiger partial charge in [-0.3, -0.25) is 9.69 Å². The van der Waals surface area contributed by atoms with Crippen molar-refractivity contribution in [3.05, 3.63) is 41.6 Å². The summed E-state index contributed by atoms with van der Waals surface area (Å²) in [5, 5.41) is 10.8. The molecule has 4 N–H and O–H groups in total. The minimum atomic E-state index is -1.30. The molecule has 0 bridgehead atoms. The Kier molecular flexibility index (Phi) is 4.35. The molecule has 0 saturated carbocycles. The largest absolute Gasteiger partial charge is 0.391 e. The Hall–Kier alpha value is -2.57. The first-order valence-corrected chi connectivity index (χ1v) is 7.12. The number of nitrogens with zero attached hydrogens (tertiary/aromatic N) is 2. The molecule has 1 amide bonds. The van der Waals surface area contributed by atoms with Crippen molar-refractivity contribution in [2.75, 3.05) is 13.6 Å². The van der Waals surface area contributed by atoms with Gasteiger partial charge in [0, 0.05) is 31.6 Å². The Morgan fingerprint density at radius 1 is 1.59 bits per heavy atom. The van der Waals surface area contributed by atoms with Crippen molar-refractivity contribution in [2.24, 2.45) is 10.7 Å². The van der Waals surface area contributed by atoms with E-state index in [1.807, 2.05) is 39.0 Å². The Morgan fingerprint density at radius 3 is 2.82 bits per heavy atom. The van der Waals surface area contributed by atoms with Crippen molar-refractivity contribution < 1.29 is 4.79 Å². The summed E-state index contributed by atoms with van der Waals surface area (Å²) in [5.74, 6) is -0.112. The molecule has 0 aromatic heterocycles. The van der Waals surface area contributed by atoms with Crippen LogP contribution in [-0.4, -0.2) is 44.4 Å². The predicted molar refractivity (Wildman–Crippen MR) is 91.2 cm³/mol. The van der Waals surface area contributed by atoms with Gasteiger partial charge in [-0.25, -0.2) is 4.99 Å². The second-order valence-corrected chi connectivity index (χ2v) is 5.22. The van der Waals surface area contributed by atoms with Crippen molar-refractivity contribution in [1.29, 1.82) is 5.41 Å². The first kappa shape index (κ1) is 15.8. The van der Waals surface area contributed by atoms with Gasteiger partial charge in [-0.15, -0.1) is 0 Å². The molecule has 2 rings (SSSR count). The van der Waals surface area contributed by atoms with E-state index in [1.54, 1.807) is 13.2 Å². The summed E-state index contributed by atoms with van der Waals surface area (Å²) < 4.78 is 0. The third kappa shape index (κ3) is 2.39. The number of carbonyl (C=O) groups excluding carboxylic acids is 1. The number of hydrogen-bond acceptors (Lipinski definition) is 5. The number of hydrogen-bond donors (Lipinski definition) is 3. The zero-order valence-corrected chi connectivity index (χ0v) is 13.1. The van der Waals surface area contributed by atoms with E-state index in [4.69, 9.17) is 11.1 Å². The highest BCUT2D eigenvalue weighted by molar-refractivity contribution is 6.32. The molecule has 1 aromatic carbocycles. The first-order chi connectivity index (χ1) is 10.5. The van der Waals surface area contributed by atoms with Crippen LogP contribution in [0.3, 0.4) is 0 Å². The molecule has 0 radical (unpaired) electrons. The molecule has 0 saturated heterocycles. The van der Waals surface area contributed by atoms with Gasteiger partial charge >= 0.3 is 0 Å². The topological polar surface area (TPSA) is 94.6 Å². The molecule has 22 heavy (non-hydrogen) atoms. The van der Waals surface area contributed by atoms with Crippen LogP contribution in [0.4, 0.5) is 0 Å². The molecule has 1 aliphatic heterocycles. The van der Waals surface area contributed by atoms with Crippen LogP contribution in [0.5, 0.6) is 0 Å². The highest BCUT2D eigenvalue weighted by atomic mass is 16.2. The van der Waals surface area contributed by atoms with E-state index >= 15 is 0 Å². The van der Waals surface area contributed by atoms with Crippen molar-refractivity contribution in [3.63, 3.8) is 0 Å². The van der Waals surface area contributed by atoms with Crippen LogP contribution in [0, 0.1) is 5.41 Å². The van der Waals surface area contributed by atoms with E-state index in [2.05, 4.69) is 10.3 Å². The maximum Gasteiger partial charge on any atom is 0.266 e. The lowest BCUT2D eigenvalue weighted by Crippen LogP contribution is -2.42. The average Bonchev–Trinajstić information content (AvgIpc) is 2.73. The number of carbonyl (C=O) groups is 1. The smallest absolute Gasteiger partial charge is 0.266 e. The molecule has 1 aliphatic rings. The molecule has 6 nitrogen and oxygen atoms in total. The number of nitrogens with two attached hydrogens (primary N) is 1. The molecule has 0 aliphatic carbocycles. The maximum absolute atomic E-state index is 12.9. The highest BCUT2D eigenvalue weighted by Crippen LogP contribution is 2.37. The second kappa shape index (κ2) is 6.05. The summed E-state index contributed by atoms with van der Waals surface area (Å²) in [5.41, 5.74) is 6.75. The molecule has 114 valence electrons. The van der Waals surface area contributed by atoms with E-state index in [-0.39, 0.29) is 11.9 Å². The van der Waals surface area contributed by atoms with Gasteiger partial charge in [-0.1, -0.05) is 29.7 Å². The fourth-order valence-corrected chi connectivity index (χ4v) is 2.52. The number of nitrogens with one attached hydrogen (secondary N) is 2. The second-order valence-electron chi connectivity index (χ2n) is 5.22. The molecule has 1 aromatic rings. The Morgan fingerprint density at radius 2 is 2.32 bits per heavy atom. The van der Waals surface area contributed by atoms with Gasteiger partial charge in [-0.2, -0.15) is 0 Å². The van der Waals surface area contributed by atoms with E-state index in [1.165, 1.54) is 4.90 Å². The summed E-state index contributed by atoms with van der Waals surface area (Å²) >= 11 is 0. The molecule has 0 fully saturated rings. The van der Waals surface area contributed by atoms with Crippen molar-refractivity contribution >= 4 is 31.4 Å². The Balaban J connectivity index is 2.71. The van der Waals surface area contributed by atoms with Crippen molar-refractivity contribution in [2.45, 2.75) is 12.5 Å². The van der Waals surface area contributed by atoms with Crippen LogP contribution < -0.4 is 16.5 Å². The van der Waals surface area contributed by atoms with Crippen LogP contribution >= 0.6 is 0 Å². The lowest BCUT2D eigenvalue weighted by molar-refractivity contribution is -0.129. The van der Waals surface area contributed by atoms with Crippen LogP contribution in [0.2, 0.25) is 0 Å². The van der Waals surface area contributed by atoms with Crippen LogP contribution in [-0.2, 0) is 10.3 Å². The summed E-state index contributed by atoms with van der Waals surface area (Å²) in [7, 11) is 3.54. The Labute approximate surface area is 131 Å². The lowest BCUT2D eigenvalue weighted by atomic mass is 9.80. The molecule has 0 spiro atoms. The molecule has 1 heterocycles. The number of likely N-dealkylation sites (N-methyl/N-ethyl adjacent to an activating group) is 1. The SMILES string of the molecule is Bc1cccc(C2(/C(C=N)=C/NCC)N=C(N)N(C)C2=O)c1. The molecular weight excluding hydrogens is 277 g/mol. The van der Waals surface area contributed by atoms with Gasteiger partial charge in [0.05, 0.1) is 0 Å². The Bertz CT molecular complexity index is 670. The van der Waals surface area contributed by atoms with Gasteiger partial charge in [0.15, 0.2) is 11.5 Å². The first-order valence-electron chi connectivity index (χ1n) is 7.12. The van der Waals surface area contributed by atoms with Crippen molar-refractivity contribution in [3.8, 4) is 0 Å². The summed E-state index contributed by atoms with van der Waals surface area (Å²) in [6.07, 6.45) is 2.81. The number of benzene rings is 1. The standard InChI is InChI=1S/C15H20BN5O/c1-3-19-9-11(8-17)15(10-5-4-6-12(16)7-10)13(22)21(2)14(18)20-15/h4-9,17,19H,3,16H2,1-2H3,(H2,18,20)/b11-9+,17-8?. The van der Waals surface area contributed by atoms with Crippen LogP contribution in [0.1, 0.15) is 12.5 Å². The van der Waals surface area contributed by atoms with Crippen LogP contribution in [0.25, 0.3) is 0 Å². The van der Waals surface area contributed by atoms with Gasteiger partial charge in [0.1, 0.15) is 7.85 Å².